The van der Waals surface area contributed by atoms with Crippen molar-refractivity contribution in [1.29, 1.82) is 0 Å². The zero-order valence-electron chi connectivity index (χ0n) is 13.1. The molecule has 1 aliphatic rings. The van der Waals surface area contributed by atoms with Crippen LogP contribution in [-0.4, -0.2) is 35.5 Å². The monoisotopic (exact) mass is 318 g/mol. The molecule has 2 heterocycles. The van der Waals surface area contributed by atoms with Crippen molar-refractivity contribution in [3.05, 3.63) is 29.3 Å². The molecule has 2 aromatic rings. The fourth-order valence-corrected chi connectivity index (χ4v) is 4.23. The SMILES string of the molecule is CC[C@H](OC)C(=O)N1CCCC[C@H]1c1nc2ccccc2s1. The second kappa shape index (κ2) is 6.75. The third-order valence-corrected chi connectivity index (χ3v) is 5.45. The lowest BCUT2D eigenvalue weighted by molar-refractivity contribution is -0.146. The Bertz CT molecular complexity index is 618. The van der Waals surface area contributed by atoms with Gasteiger partial charge in [0.1, 0.15) is 11.1 Å². The van der Waals surface area contributed by atoms with Crippen molar-refractivity contribution in [3.8, 4) is 0 Å². The number of hydrogen-bond acceptors (Lipinski definition) is 4. The van der Waals surface area contributed by atoms with Crippen LogP contribution in [0.2, 0.25) is 0 Å². The first-order chi connectivity index (χ1) is 10.7. The molecule has 0 bridgehead atoms. The number of para-hydroxylation sites is 1. The van der Waals surface area contributed by atoms with Crippen LogP contribution >= 0.6 is 11.3 Å². The molecule has 1 aliphatic heterocycles. The Balaban J connectivity index is 1.90. The lowest BCUT2D eigenvalue weighted by Gasteiger charge is -2.36. The number of benzene rings is 1. The molecule has 3 rings (SSSR count). The smallest absolute Gasteiger partial charge is 0.252 e. The van der Waals surface area contributed by atoms with E-state index in [1.807, 2.05) is 30.0 Å². The summed E-state index contributed by atoms with van der Waals surface area (Å²) in [6, 6.07) is 8.27. The number of piperidine rings is 1. The molecule has 1 aromatic carbocycles. The van der Waals surface area contributed by atoms with E-state index in [9.17, 15) is 4.79 Å². The van der Waals surface area contributed by atoms with Crippen LogP contribution in [-0.2, 0) is 9.53 Å². The van der Waals surface area contributed by atoms with Gasteiger partial charge in [0.2, 0.25) is 0 Å². The van der Waals surface area contributed by atoms with Gasteiger partial charge < -0.3 is 9.64 Å². The van der Waals surface area contributed by atoms with Gasteiger partial charge >= 0.3 is 0 Å². The highest BCUT2D eigenvalue weighted by Gasteiger charge is 2.33. The van der Waals surface area contributed by atoms with Crippen molar-refractivity contribution < 1.29 is 9.53 Å². The fourth-order valence-electron chi connectivity index (χ4n) is 3.11. The van der Waals surface area contributed by atoms with Gasteiger partial charge in [-0.2, -0.15) is 0 Å². The fraction of sp³-hybridized carbons (Fsp3) is 0.529. The molecule has 1 amide bonds. The number of carbonyl (C=O) groups is 1. The molecule has 0 unspecified atom stereocenters. The first kappa shape index (κ1) is 15.4. The van der Waals surface area contributed by atoms with E-state index in [0.717, 1.165) is 36.3 Å². The molecule has 1 saturated heterocycles. The molecule has 2 atom stereocenters. The van der Waals surface area contributed by atoms with E-state index in [0.29, 0.717) is 6.42 Å². The molecular weight excluding hydrogens is 296 g/mol. The molecular formula is C17H22N2O2S. The number of likely N-dealkylation sites (tertiary alicyclic amines) is 1. The minimum absolute atomic E-state index is 0.0999. The topological polar surface area (TPSA) is 42.4 Å². The molecule has 0 radical (unpaired) electrons. The number of ether oxygens (including phenoxy) is 1. The number of hydrogen-bond donors (Lipinski definition) is 0. The molecule has 22 heavy (non-hydrogen) atoms. The van der Waals surface area contributed by atoms with Crippen LogP contribution in [0.4, 0.5) is 0 Å². The Kier molecular flexibility index (Phi) is 4.74. The minimum atomic E-state index is -0.338. The largest absolute Gasteiger partial charge is 0.372 e. The molecule has 0 saturated carbocycles. The van der Waals surface area contributed by atoms with Crippen molar-refractivity contribution >= 4 is 27.5 Å². The second-order valence-electron chi connectivity index (χ2n) is 5.70. The number of methoxy groups -OCH3 is 1. The third-order valence-electron chi connectivity index (χ3n) is 4.31. The van der Waals surface area contributed by atoms with E-state index in [1.165, 1.54) is 4.70 Å². The lowest BCUT2D eigenvalue weighted by Crippen LogP contribution is -2.44. The molecule has 4 nitrogen and oxygen atoms in total. The molecule has 0 N–H and O–H groups in total. The van der Waals surface area contributed by atoms with Gasteiger partial charge in [-0.15, -0.1) is 11.3 Å². The Morgan fingerprint density at radius 3 is 3.00 bits per heavy atom. The molecule has 0 aliphatic carbocycles. The van der Waals surface area contributed by atoms with Crippen molar-refractivity contribution in [2.75, 3.05) is 13.7 Å². The summed E-state index contributed by atoms with van der Waals surface area (Å²) in [6.07, 6.45) is 3.57. The maximum absolute atomic E-state index is 12.7. The third kappa shape index (κ3) is 2.88. The van der Waals surface area contributed by atoms with Crippen molar-refractivity contribution in [2.24, 2.45) is 0 Å². The maximum Gasteiger partial charge on any atom is 0.252 e. The predicted octanol–water partition coefficient (Wildman–Crippen LogP) is 3.77. The van der Waals surface area contributed by atoms with Crippen LogP contribution in [0, 0.1) is 0 Å². The van der Waals surface area contributed by atoms with E-state index >= 15 is 0 Å². The number of rotatable bonds is 4. The quantitative estimate of drug-likeness (QED) is 0.861. The average Bonchev–Trinajstić information content (AvgIpc) is 2.99. The summed E-state index contributed by atoms with van der Waals surface area (Å²) in [7, 11) is 1.61. The summed E-state index contributed by atoms with van der Waals surface area (Å²) in [5, 5.41) is 1.06. The van der Waals surface area contributed by atoms with Gasteiger partial charge in [0, 0.05) is 13.7 Å². The van der Waals surface area contributed by atoms with E-state index in [1.54, 1.807) is 18.4 Å². The van der Waals surface area contributed by atoms with E-state index < -0.39 is 0 Å². The Morgan fingerprint density at radius 2 is 2.27 bits per heavy atom. The van der Waals surface area contributed by atoms with Gasteiger partial charge in [-0.1, -0.05) is 19.1 Å². The summed E-state index contributed by atoms with van der Waals surface area (Å²) in [6.45, 7) is 2.79. The predicted molar refractivity (Wildman–Crippen MR) is 89.0 cm³/mol. The van der Waals surface area contributed by atoms with Crippen LogP contribution in [0.3, 0.4) is 0 Å². The second-order valence-corrected chi connectivity index (χ2v) is 6.76. The van der Waals surface area contributed by atoms with Crippen LogP contribution < -0.4 is 0 Å². The first-order valence-corrected chi connectivity index (χ1v) is 8.75. The summed E-state index contributed by atoms with van der Waals surface area (Å²) < 4.78 is 6.54. The molecule has 0 spiro atoms. The van der Waals surface area contributed by atoms with Crippen LogP contribution in [0.5, 0.6) is 0 Å². The van der Waals surface area contributed by atoms with Crippen molar-refractivity contribution in [3.63, 3.8) is 0 Å². The average molecular weight is 318 g/mol. The number of nitrogens with zero attached hydrogens (tertiary/aromatic N) is 2. The van der Waals surface area contributed by atoms with E-state index in [4.69, 9.17) is 9.72 Å². The first-order valence-electron chi connectivity index (χ1n) is 7.93. The number of amides is 1. The van der Waals surface area contributed by atoms with Crippen molar-refractivity contribution in [1.82, 2.24) is 9.88 Å². The highest BCUT2D eigenvalue weighted by molar-refractivity contribution is 7.18. The summed E-state index contributed by atoms with van der Waals surface area (Å²) >= 11 is 1.71. The van der Waals surface area contributed by atoms with Crippen LogP contribution in [0.1, 0.15) is 43.7 Å². The normalized spacial score (nSPS) is 20.3. The van der Waals surface area contributed by atoms with Crippen LogP contribution in [0.15, 0.2) is 24.3 Å². The van der Waals surface area contributed by atoms with Crippen molar-refractivity contribution in [2.45, 2.75) is 44.8 Å². The zero-order chi connectivity index (χ0) is 15.5. The van der Waals surface area contributed by atoms with E-state index in [2.05, 4.69) is 6.07 Å². The Hall–Kier alpha value is -1.46. The molecule has 1 fully saturated rings. The summed E-state index contributed by atoms with van der Waals surface area (Å²) in [5.41, 5.74) is 1.03. The van der Waals surface area contributed by atoms with Gasteiger partial charge in [-0.05, 0) is 37.8 Å². The number of carbonyl (C=O) groups excluding carboxylic acids is 1. The molecule has 5 heteroatoms. The van der Waals surface area contributed by atoms with Gasteiger partial charge in [0.05, 0.1) is 16.3 Å². The Labute approximate surface area is 135 Å². The van der Waals surface area contributed by atoms with Gasteiger partial charge in [-0.3, -0.25) is 4.79 Å². The van der Waals surface area contributed by atoms with Crippen LogP contribution in [0.25, 0.3) is 10.2 Å². The van der Waals surface area contributed by atoms with E-state index in [-0.39, 0.29) is 18.1 Å². The molecule has 1 aromatic heterocycles. The lowest BCUT2D eigenvalue weighted by atomic mass is 10.0. The maximum atomic E-state index is 12.7. The van der Waals surface area contributed by atoms with Gasteiger partial charge in [0.25, 0.3) is 5.91 Å². The summed E-state index contributed by atoms with van der Waals surface area (Å²) in [4.78, 5) is 19.5. The minimum Gasteiger partial charge on any atom is -0.372 e. The standard InChI is InChI=1S/C17H22N2O2S/c1-3-14(21-2)17(20)19-11-7-6-9-13(19)16-18-12-8-4-5-10-15(12)22-16/h4-5,8,10,13-14H,3,6-7,9,11H2,1-2H3/t13-,14-/m0/s1. The number of aromatic nitrogens is 1. The zero-order valence-corrected chi connectivity index (χ0v) is 13.9. The molecule has 118 valence electrons. The van der Waals surface area contributed by atoms with Gasteiger partial charge in [0.15, 0.2) is 0 Å². The Morgan fingerprint density at radius 1 is 1.45 bits per heavy atom. The summed E-state index contributed by atoms with van der Waals surface area (Å²) in [5.74, 6) is 0.106. The van der Waals surface area contributed by atoms with Gasteiger partial charge in [-0.25, -0.2) is 4.98 Å². The number of fused-ring (bicyclic) bond motifs is 1. The highest BCUT2D eigenvalue weighted by Crippen LogP contribution is 2.36. The number of thiazole rings is 1. The highest BCUT2D eigenvalue weighted by atomic mass is 32.1.